The van der Waals surface area contributed by atoms with E-state index in [4.69, 9.17) is 9.97 Å². The minimum atomic E-state index is 0.987. The van der Waals surface area contributed by atoms with Crippen molar-refractivity contribution in [1.29, 1.82) is 0 Å². The predicted molar refractivity (Wildman–Crippen MR) is 102 cm³/mol. The largest absolute Gasteiger partial charge is 0.353 e. The van der Waals surface area contributed by atoms with Crippen LogP contribution in [0.15, 0.2) is 0 Å². The van der Waals surface area contributed by atoms with Gasteiger partial charge in [-0.15, -0.1) is 11.3 Å². The summed E-state index contributed by atoms with van der Waals surface area (Å²) in [6.45, 7) is 10.1. The van der Waals surface area contributed by atoms with E-state index < -0.39 is 0 Å². The zero-order valence-corrected chi connectivity index (χ0v) is 15.8. The minimum Gasteiger partial charge on any atom is -0.353 e. The van der Waals surface area contributed by atoms with Gasteiger partial charge in [0.05, 0.1) is 5.39 Å². The maximum Gasteiger partial charge on any atom is 0.141 e. The molecule has 2 aromatic rings. The number of hydrogen-bond acceptors (Lipinski definition) is 5. The normalized spacial score (nSPS) is 19.0. The van der Waals surface area contributed by atoms with E-state index in [9.17, 15) is 0 Å². The molecule has 0 radical (unpaired) electrons. The average molecular weight is 345 g/mol. The van der Waals surface area contributed by atoms with Crippen molar-refractivity contribution in [2.75, 3.05) is 37.6 Å². The Hall–Kier alpha value is -1.20. The Balaban J connectivity index is 1.78. The summed E-state index contributed by atoms with van der Waals surface area (Å²) < 4.78 is 0. The highest BCUT2D eigenvalue weighted by molar-refractivity contribution is 7.19. The molecule has 0 amide bonds. The van der Waals surface area contributed by atoms with Gasteiger partial charge in [0.15, 0.2) is 0 Å². The number of aryl methyl sites for hydroxylation is 3. The first-order chi connectivity index (χ1) is 11.8. The number of fused-ring (bicyclic) bond motifs is 3. The Morgan fingerprint density at radius 2 is 1.79 bits per heavy atom. The third kappa shape index (κ3) is 2.93. The first-order valence-corrected chi connectivity index (χ1v) is 10.4. The summed E-state index contributed by atoms with van der Waals surface area (Å²) in [4.78, 5) is 17.9. The highest BCUT2D eigenvalue weighted by Crippen LogP contribution is 2.40. The zero-order valence-electron chi connectivity index (χ0n) is 15.0. The van der Waals surface area contributed by atoms with Crippen LogP contribution in [-0.2, 0) is 19.3 Å². The van der Waals surface area contributed by atoms with Gasteiger partial charge < -0.3 is 9.80 Å². The van der Waals surface area contributed by atoms with Crippen molar-refractivity contribution in [1.82, 2.24) is 14.9 Å². The van der Waals surface area contributed by atoms with Crippen LogP contribution in [0.4, 0.5) is 5.82 Å². The second-order valence-corrected chi connectivity index (χ2v) is 8.11. The van der Waals surface area contributed by atoms with Crippen molar-refractivity contribution in [3.8, 4) is 0 Å². The number of thiophene rings is 1. The molecule has 3 heterocycles. The second kappa shape index (κ2) is 6.96. The number of rotatable bonds is 4. The number of piperazine rings is 1. The molecule has 130 valence electrons. The van der Waals surface area contributed by atoms with E-state index in [-0.39, 0.29) is 0 Å². The topological polar surface area (TPSA) is 32.3 Å². The molecule has 0 atom stereocenters. The van der Waals surface area contributed by atoms with Crippen LogP contribution in [-0.4, -0.2) is 47.6 Å². The molecule has 0 unspecified atom stereocenters. The fourth-order valence-corrected chi connectivity index (χ4v) is 5.30. The summed E-state index contributed by atoms with van der Waals surface area (Å²) in [5.74, 6) is 2.27. The van der Waals surface area contributed by atoms with Crippen LogP contribution in [0, 0.1) is 0 Å². The predicted octanol–water partition coefficient (Wildman–Crippen LogP) is 3.66. The van der Waals surface area contributed by atoms with Crippen molar-refractivity contribution < 1.29 is 0 Å². The van der Waals surface area contributed by atoms with Crippen LogP contribution in [0.3, 0.4) is 0 Å². The van der Waals surface area contributed by atoms with E-state index in [1.807, 2.05) is 11.3 Å². The molecule has 1 saturated heterocycles. The van der Waals surface area contributed by atoms with Gasteiger partial charge in [0, 0.05) is 37.5 Å². The van der Waals surface area contributed by atoms with Gasteiger partial charge in [0.25, 0.3) is 0 Å². The molecule has 0 aromatic carbocycles. The molecule has 4 rings (SSSR count). The number of likely N-dealkylation sites (N-methyl/N-ethyl adjacent to an activating group) is 1. The Morgan fingerprint density at radius 1 is 1.00 bits per heavy atom. The van der Waals surface area contributed by atoms with Gasteiger partial charge in [-0.25, -0.2) is 9.97 Å². The van der Waals surface area contributed by atoms with Crippen LogP contribution < -0.4 is 4.90 Å². The standard InChI is InChI=1S/C19H28N4S/c1-3-7-16-20-18(23-12-10-22(4-2)11-13-23)17-14-8-5-6-9-15(14)24-19(17)21-16/h3-13H2,1-2H3. The number of nitrogens with zero attached hydrogens (tertiary/aromatic N) is 4. The van der Waals surface area contributed by atoms with Crippen LogP contribution in [0.5, 0.6) is 0 Å². The number of hydrogen-bond donors (Lipinski definition) is 0. The molecule has 2 aromatic heterocycles. The Kier molecular flexibility index (Phi) is 4.72. The van der Waals surface area contributed by atoms with E-state index in [1.165, 1.54) is 41.7 Å². The lowest BCUT2D eigenvalue weighted by Crippen LogP contribution is -2.46. The first kappa shape index (κ1) is 16.3. The molecule has 2 aliphatic rings. The van der Waals surface area contributed by atoms with E-state index in [2.05, 4.69) is 23.6 Å². The molecule has 0 saturated carbocycles. The van der Waals surface area contributed by atoms with E-state index in [1.54, 1.807) is 10.4 Å². The highest BCUT2D eigenvalue weighted by atomic mass is 32.1. The molecule has 1 aliphatic heterocycles. The SMILES string of the molecule is CCCc1nc(N2CCN(CC)CC2)c2c3c(sc2n1)CCCC3. The van der Waals surface area contributed by atoms with Crippen LogP contribution in [0.25, 0.3) is 10.2 Å². The first-order valence-electron chi connectivity index (χ1n) is 9.58. The summed E-state index contributed by atoms with van der Waals surface area (Å²) in [7, 11) is 0. The molecule has 0 bridgehead atoms. The number of anilines is 1. The summed E-state index contributed by atoms with van der Waals surface area (Å²) in [5.41, 5.74) is 1.57. The van der Waals surface area contributed by atoms with E-state index in [0.29, 0.717) is 0 Å². The molecular weight excluding hydrogens is 316 g/mol. The maximum atomic E-state index is 5.05. The molecule has 1 aliphatic carbocycles. The van der Waals surface area contributed by atoms with Crippen LogP contribution >= 0.6 is 11.3 Å². The number of aromatic nitrogens is 2. The van der Waals surface area contributed by atoms with Crippen molar-refractivity contribution in [3.63, 3.8) is 0 Å². The van der Waals surface area contributed by atoms with E-state index in [0.717, 1.165) is 51.4 Å². The molecule has 24 heavy (non-hydrogen) atoms. The van der Waals surface area contributed by atoms with Crippen LogP contribution in [0.2, 0.25) is 0 Å². The molecule has 4 nitrogen and oxygen atoms in total. The molecule has 5 heteroatoms. The Labute approximate surface area is 148 Å². The highest BCUT2D eigenvalue weighted by Gasteiger charge is 2.25. The average Bonchev–Trinajstić information content (AvgIpc) is 3.00. The summed E-state index contributed by atoms with van der Waals surface area (Å²) in [6, 6.07) is 0. The fourth-order valence-electron chi connectivity index (χ4n) is 4.02. The molecular formula is C19H28N4S. The van der Waals surface area contributed by atoms with Crippen molar-refractivity contribution in [2.24, 2.45) is 0 Å². The third-order valence-corrected chi connectivity index (χ3v) is 6.62. The fraction of sp³-hybridized carbons (Fsp3) is 0.684. The summed E-state index contributed by atoms with van der Waals surface area (Å²) in [5, 5.41) is 1.39. The van der Waals surface area contributed by atoms with Crippen molar-refractivity contribution in [2.45, 2.75) is 52.4 Å². The van der Waals surface area contributed by atoms with Crippen LogP contribution in [0.1, 0.15) is 49.4 Å². The van der Waals surface area contributed by atoms with Gasteiger partial charge >= 0.3 is 0 Å². The maximum absolute atomic E-state index is 5.05. The smallest absolute Gasteiger partial charge is 0.141 e. The molecule has 1 fully saturated rings. The van der Waals surface area contributed by atoms with Gasteiger partial charge in [-0.05, 0) is 44.2 Å². The van der Waals surface area contributed by atoms with Crippen molar-refractivity contribution in [3.05, 3.63) is 16.3 Å². The third-order valence-electron chi connectivity index (χ3n) is 5.43. The minimum absolute atomic E-state index is 0.987. The van der Waals surface area contributed by atoms with Gasteiger partial charge in [-0.3, -0.25) is 0 Å². The van der Waals surface area contributed by atoms with Gasteiger partial charge in [0.2, 0.25) is 0 Å². The van der Waals surface area contributed by atoms with Gasteiger partial charge in [-0.1, -0.05) is 13.8 Å². The van der Waals surface area contributed by atoms with E-state index >= 15 is 0 Å². The van der Waals surface area contributed by atoms with Crippen molar-refractivity contribution >= 4 is 27.4 Å². The zero-order chi connectivity index (χ0) is 16.5. The monoisotopic (exact) mass is 344 g/mol. The molecule has 0 N–H and O–H groups in total. The second-order valence-electron chi connectivity index (χ2n) is 7.03. The summed E-state index contributed by atoms with van der Waals surface area (Å²) in [6.07, 6.45) is 7.20. The molecule has 0 spiro atoms. The Bertz CT molecular complexity index is 716. The summed E-state index contributed by atoms with van der Waals surface area (Å²) >= 11 is 1.93. The Morgan fingerprint density at radius 3 is 2.54 bits per heavy atom. The quantitative estimate of drug-likeness (QED) is 0.847. The van der Waals surface area contributed by atoms with Gasteiger partial charge in [-0.2, -0.15) is 0 Å². The lowest BCUT2D eigenvalue weighted by molar-refractivity contribution is 0.270. The lowest BCUT2D eigenvalue weighted by atomic mass is 9.97. The lowest BCUT2D eigenvalue weighted by Gasteiger charge is -2.35. The van der Waals surface area contributed by atoms with Gasteiger partial charge in [0.1, 0.15) is 16.5 Å².